The summed E-state index contributed by atoms with van der Waals surface area (Å²) in [6, 6.07) is 3.29. The molecule has 1 aromatic rings. The van der Waals surface area contributed by atoms with Crippen molar-refractivity contribution in [2.75, 3.05) is 6.61 Å². The summed E-state index contributed by atoms with van der Waals surface area (Å²) >= 11 is 0. The number of aliphatic hydroxyl groups is 2. The van der Waals surface area contributed by atoms with Crippen molar-refractivity contribution < 1.29 is 48.5 Å². The van der Waals surface area contributed by atoms with E-state index in [0.29, 0.717) is 29.4 Å². The van der Waals surface area contributed by atoms with Crippen molar-refractivity contribution in [3.63, 3.8) is 0 Å². The van der Waals surface area contributed by atoms with Gasteiger partial charge in [0.15, 0.2) is 12.4 Å². The van der Waals surface area contributed by atoms with Gasteiger partial charge in [0.1, 0.15) is 23.6 Å². The SMILES string of the molecule is C=C[C@]1(C)C[C@@H](OC(=O)COc2cc(CNC(=O)OC(C)(C)C)c3c(c2)B(O)OC3)[C@]2(C)[C@H](C)C[C@H]3C(=O)[C@@H](O)CC([C@@H](C)[C@@H]1O)[C@@H]32. The Labute approximate surface area is 277 Å². The van der Waals surface area contributed by atoms with Gasteiger partial charge in [0.05, 0.1) is 12.7 Å². The molecule has 1 unspecified atom stereocenters. The summed E-state index contributed by atoms with van der Waals surface area (Å²) in [4.78, 5) is 39.1. The molecule has 0 radical (unpaired) electrons. The molecule has 0 bridgehead atoms. The number of amides is 1. The number of nitrogens with one attached hydrogen (secondary N) is 1. The van der Waals surface area contributed by atoms with E-state index < -0.39 is 60.5 Å². The summed E-state index contributed by atoms with van der Waals surface area (Å²) in [6.45, 7) is 17.2. The zero-order valence-electron chi connectivity index (χ0n) is 28.6. The third-order valence-corrected chi connectivity index (χ3v) is 11.6. The van der Waals surface area contributed by atoms with Crippen LogP contribution in [0.5, 0.6) is 5.75 Å². The third-order valence-electron chi connectivity index (χ3n) is 11.6. The van der Waals surface area contributed by atoms with Crippen molar-refractivity contribution in [1.29, 1.82) is 0 Å². The maximum atomic E-state index is 13.6. The van der Waals surface area contributed by atoms with Gasteiger partial charge in [0, 0.05) is 23.3 Å². The molecule has 1 heterocycles. The highest BCUT2D eigenvalue weighted by atomic mass is 16.6. The van der Waals surface area contributed by atoms with Gasteiger partial charge < -0.3 is 39.4 Å². The number of hydrogen-bond acceptors (Lipinski definition) is 10. The lowest BCUT2D eigenvalue weighted by Gasteiger charge is -2.55. The normalized spacial score (nSPS) is 36.5. The lowest BCUT2D eigenvalue weighted by atomic mass is 9.52. The van der Waals surface area contributed by atoms with Gasteiger partial charge in [-0.05, 0) is 92.4 Å². The van der Waals surface area contributed by atoms with E-state index in [1.54, 1.807) is 39.0 Å². The first-order chi connectivity index (χ1) is 21.9. The number of aliphatic hydroxyl groups excluding tert-OH is 2. The molecule has 258 valence electrons. The molecule has 10 atom stereocenters. The zero-order chi connectivity index (χ0) is 34.6. The van der Waals surface area contributed by atoms with Gasteiger partial charge in [-0.3, -0.25) is 4.79 Å². The largest absolute Gasteiger partial charge is 0.491 e. The Morgan fingerprint density at radius 3 is 2.55 bits per heavy atom. The standard InChI is InChI=1S/C35H50BNO10/c1-9-34(7)14-27(35(8)18(2)10-23-29(35)22(19(3)31(34)41)13-26(38)30(23)40)46-28(39)17-44-21-11-20(15-37-32(42)47-33(4,5)6)24-16-45-36(43)25(24)12-21/h9,11-12,18-19,22-23,26-27,29,31,38,41,43H,1,10,13-17H2,2-8H3,(H,37,42)/t18-,19-,22?,23-,26+,27-,29+,31+,34-,35+/m1/s1. The number of ketones is 1. The van der Waals surface area contributed by atoms with Crippen LogP contribution in [0.3, 0.4) is 0 Å². The lowest BCUT2D eigenvalue weighted by Crippen LogP contribution is -2.58. The van der Waals surface area contributed by atoms with Gasteiger partial charge in [-0.25, -0.2) is 9.59 Å². The van der Waals surface area contributed by atoms with Crippen LogP contribution >= 0.6 is 0 Å². The molecule has 1 aliphatic heterocycles. The van der Waals surface area contributed by atoms with Crippen LogP contribution in [0, 0.1) is 40.4 Å². The molecule has 3 fully saturated rings. The Balaban J connectivity index is 1.37. The molecule has 12 heteroatoms. The van der Waals surface area contributed by atoms with Gasteiger partial charge >= 0.3 is 19.2 Å². The van der Waals surface area contributed by atoms with Crippen LogP contribution in [0.15, 0.2) is 24.8 Å². The molecule has 3 aliphatic carbocycles. The van der Waals surface area contributed by atoms with E-state index in [1.165, 1.54) is 0 Å². The predicted octanol–water partition coefficient (Wildman–Crippen LogP) is 3.04. The van der Waals surface area contributed by atoms with Crippen molar-refractivity contribution in [3.05, 3.63) is 35.9 Å². The number of carbonyl (C=O) groups is 3. The van der Waals surface area contributed by atoms with Crippen molar-refractivity contribution in [3.8, 4) is 5.75 Å². The summed E-state index contributed by atoms with van der Waals surface area (Å²) in [5.41, 5.74) is -0.226. The van der Waals surface area contributed by atoms with Gasteiger partial charge in [-0.15, -0.1) is 6.58 Å². The average Bonchev–Trinajstić information content (AvgIpc) is 3.51. The van der Waals surface area contributed by atoms with Crippen molar-refractivity contribution in [2.45, 2.75) is 105 Å². The minimum atomic E-state index is -1.18. The van der Waals surface area contributed by atoms with E-state index in [1.807, 2.05) is 13.8 Å². The molecule has 0 spiro atoms. The molecule has 47 heavy (non-hydrogen) atoms. The van der Waals surface area contributed by atoms with Gasteiger partial charge in [0.2, 0.25) is 0 Å². The first-order valence-electron chi connectivity index (χ1n) is 16.7. The fourth-order valence-electron chi connectivity index (χ4n) is 8.82. The van der Waals surface area contributed by atoms with Crippen molar-refractivity contribution in [2.24, 2.45) is 40.4 Å². The minimum Gasteiger partial charge on any atom is -0.482 e. The first-order valence-corrected chi connectivity index (χ1v) is 16.7. The molecule has 0 aromatic heterocycles. The van der Waals surface area contributed by atoms with E-state index in [9.17, 15) is 29.6 Å². The molecule has 4 aliphatic rings. The molecular formula is C35H50BNO10. The molecular weight excluding hydrogens is 605 g/mol. The number of alkyl carbamates (subject to hydrolysis) is 1. The van der Waals surface area contributed by atoms with Crippen LogP contribution in [-0.4, -0.2) is 70.7 Å². The number of fused-ring (bicyclic) bond motifs is 1. The maximum absolute atomic E-state index is 13.6. The second kappa shape index (κ2) is 12.8. The minimum absolute atomic E-state index is 0.00251. The smallest absolute Gasteiger partial charge is 0.482 e. The highest BCUT2D eigenvalue weighted by Crippen LogP contribution is 2.64. The number of ether oxygens (including phenoxy) is 3. The molecule has 3 saturated carbocycles. The van der Waals surface area contributed by atoms with Gasteiger partial charge in [0.25, 0.3) is 0 Å². The summed E-state index contributed by atoms with van der Waals surface area (Å²) in [5, 5.41) is 35.5. The molecule has 11 nitrogen and oxygen atoms in total. The van der Waals surface area contributed by atoms with Crippen LogP contribution in [-0.2, 0) is 36.9 Å². The fraction of sp³-hybridized carbons (Fsp3) is 0.686. The summed E-state index contributed by atoms with van der Waals surface area (Å²) in [6.07, 6.45) is -0.290. The summed E-state index contributed by atoms with van der Waals surface area (Å²) in [7, 11) is -1.18. The number of Topliss-reactive ketones (excluding diaryl/α,β-unsaturated/α-hetero) is 1. The number of benzene rings is 1. The van der Waals surface area contributed by atoms with Crippen LogP contribution in [0.2, 0.25) is 0 Å². The Morgan fingerprint density at radius 1 is 1.19 bits per heavy atom. The monoisotopic (exact) mass is 655 g/mol. The van der Waals surface area contributed by atoms with Crippen LogP contribution < -0.4 is 15.5 Å². The number of rotatable bonds is 7. The molecule has 4 N–H and O–H groups in total. The van der Waals surface area contributed by atoms with E-state index in [-0.39, 0.29) is 60.7 Å². The predicted molar refractivity (Wildman–Crippen MR) is 173 cm³/mol. The van der Waals surface area contributed by atoms with Crippen LogP contribution in [0.4, 0.5) is 4.79 Å². The van der Waals surface area contributed by atoms with E-state index >= 15 is 0 Å². The Bertz CT molecular complexity index is 1410. The number of hydrogen-bond donors (Lipinski definition) is 4. The van der Waals surface area contributed by atoms with Crippen molar-refractivity contribution >= 4 is 30.4 Å². The van der Waals surface area contributed by atoms with Gasteiger partial charge in [-0.1, -0.05) is 33.8 Å². The summed E-state index contributed by atoms with van der Waals surface area (Å²) < 4.78 is 22.9. The average molecular weight is 656 g/mol. The maximum Gasteiger partial charge on any atom is 0.491 e. The fourth-order valence-corrected chi connectivity index (χ4v) is 8.82. The summed E-state index contributed by atoms with van der Waals surface area (Å²) in [5.74, 6) is -1.41. The second-order valence-corrected chi connectivity index (χ2v) is 15.6. The van der Waals surface area contributed by atoms with Crippen molar-refractivity contribution in [1.82, 2.24) is 5.32 Å². The highest BCUT2D eigenvalue weighted by molar-refractivity contribution is 6.61. The highest BCUT2D eigenvalue weighted by Gasteiger charge is 2.65. The van der Waals surface area contributed by atoms with E-state index in [4.69, 9.17) is 18.9 Å². The Morgan fingerprint density at radius 2 is 1.89 bits per heavy atom. The lowest BCUT2D eigenvalue weighted by molar-refractivity contribution is -0.184. The third kappa shape index (κ3) is 6.58. The molecule has 1 amide bonds. The second-order valence-electron chi connectivity index (χ2n) is 15.6. The molecule has 0 saturated heterocycles. The zero-order valence-corrected chi connectivity index (χ0v) is 28.6. The quantitative estimate of drug-likeness (QED) is 0.195. The van der Waals surface area contributed by atoms with Crippen LogP contribution in [0.1, 0.15) is 78.9 Å². The Hall–Kier alpha value is -2.93. The number of esters is 1. The molecule has 1 aromatic carbocycles. The van der Waals surface area contributed by atoms with E-state index in [2.05, 4.69) is 25.7 Å². The first kappa shape index (κ1) is 35.4. The van der Waals surface area contributed by atoms with Crippen LogP contribution in [0.25, 0.3) is 0 Å². The Kier molecular flexibility index (Phi) is 9.66. The van der Waals surface area contributed by atoms with E-state index in [0.717, 1.165) is 0 Å². The topological polar surface area (TPSA) is 161 Å². The molecule has 5 rings (SSSR count). The van der Waals surface area contributed by atoms with Gasteiger partial charge in [-0.2, -0.15) is 0 Å². The number of carbonyl (C=O) groups excluding carboxylic acids is 3.